The smallest absolute Gasteiger partial charge is 0.263 e. The molecule has 0 aliphatic carbocycles. The Morgan fingerprint density at radius 1 is 1.24 bits per heavy atom. The lowest BCUT2D eigenvalue weighted by molar-refractivity contribution is 0.600. The van der Waals surface area contributed by atoms with Gasteiger partial charge in [-0.2, -0.15) is 0 Å². The van der Waals surface area contributed by atoms with E-state index < -0.39 is 10.0 Å². The molecule has 0 aliphatic rings. The highest BCUT2D eigenvalue weighted by Crippen LogP contribution is 2.26. The number of sulfonamides is 1. The fraction of sp³-hybridized carbons (Fsp3) is 0.143. The highest BCUT2D eigenvalue weighted by Gasteiger charge is 2.18. The second kappa shape index (κ2) is 6.13. The summed E-state index contributed by atoms with van der Waals surface area (Å²) in [4.78, 5) is 0.0902. The first kappa shape index (κ1) is 15.9. The van der Waals surface area contributed by atoms with Gasteiger partial charge in [-0.05, 0) is 64.3 Å². The minimum Gasteiger partial charge on any atom is -0.326 e. The Morgan fingerprint density at radius 2 is 1.95 bits per heavy atom. The number of benzene rings is 2. The molecule has 0 radical (unpaired) electrons. The number of anilines is 1. The molecule has 7 heteroatoms. The molecule has 0 saturated carbocycles. The van der Waals surface area contributed by atoms with Crippen molar-refractivity contribution in [3.63, 3.8) is 0 Å². The molecule has 0 saturated heterocycles. The van der Waals surface area contributed by atoms with Gasteiger partial charge in [-0.3, -0.25) is 4.72 Å². The van der Waals surface area contributed by atoms with E-state index in [1.165, 1.54) is 24.3 Å². The topological polar surface area (TPSA) is 72.2 Å². The van der Waals surface area contributed by atoms with Gasteiger partial charge in [0.1, 0.15) is 10.7 Å². The molecule has 0 spiro atoms. The molecule has 2 aromatic carbocycles. The third-order valence-corrected chi connectivity index (χ3v) is 5.31. The van der Waals surface area contributed by atoms with Crippen LogP contribution >= 0.6 is 15.9 Å². The van der Waals surface area contributed by atoms with Crippen LogP contribution < -0.4 is 10.5 Å². The summed E-state index contributed by atoms with van der Waals surface area (Å²) < 4.78 is 40.9. The monoisotopic (exact) mass is 372 g/mol. The summed E-state index contributed by atoms with van der Waals surface area (Å²) in [7, 11) is -3.78. The standard InChI is InChI=1S/C14H14BrFN2O2S/c1-9-6-11(3-5-13(9)16)18-21(19,20)14-7-10(8-17)2-4-12(14)15/h2-7,18H,8,17H2,1H3. The number of nitrogens with one attached hydrogen (secondary N) is 1. The zero-order chi connectivity index (χ0) is 15.6. The van der Waals surface area contributed by atoms with Crippen LogP contribution in [0.5, 0.6) is 0 Å². The van der Waals surface area contributed by atoms with Gasteiger partial charge in [0.25, 0.3) is 10.0 Å². The summed E-state index contributed by atoms with van der Waals surface area (Å²) in [6.07, 6.45) is 0. The predicted molar refractivity (Wildman–Crippen MR) is 84.0 cm³/mol. The molecular weight excluding hydrogens is 359 g/mol. The lowest BCUT2D eigenvalue weighted by atomic mass is 10.2. The molecular formula is C14H14BrFN2O2S. The number of rotatable bonds is 4. The molecule has 0 heterocycles. The van der Waals surface area contributed by atoms with E-state index >= 15 is 0 Å². The molecule has 0 atom stereocenters. The average molecular weight is 373 g/mol. The summed E-state index contributed by atoms with van der Waals surface area (Å²) >= 11 is 3.21. The zero-order valence-electron chi connectivity index (χ0n) is 11.2. The number of aryl methyl sites for hydroxylation is 1. The first-order valence-electron chi connectivity index (χ1n) is 6.11. The lowest BCUT2D eigenvalue weighted by Gasteiger charge is -2.11. The van der Waals surface area contributed by atoms with E-state index in [9.17, 15) is 12.8 Å². The van der Waals surface area contributed by atoms with Crippen LogP contribution in [-0.4, -0.2) is 8.42 Å². The Balaban J connectivity index is 2.40. The van der Waals surface area contributed by atoms with Crippen molar-refractivity contribution in [1.29, 1.82) is 0 Å². The summed E-state index contributed by atoms with van der Waals surface area (Å²) in [5, 5.41) is 0. The van der Waals surface area contributed by atoms with Crippen molar-refractivity contribution in [2.75, 3.05) is 4.72 Å². The van der Waals surface area contributed by atoms with Crippen LogP contribution in [0.4, 0.5) is 10.1 Å². The average Bonchev–Trinajstić information content (AvgIpc) is 2.43. The molecule has 0 fully saturated rings. The van der Waals surface area contributed by atoms with E-state index in [1.54, 1.807) is 19.1 Å². The van der Waals surface area contributed by atoms with Crippen molar-refractivity contribution in [3.8, 4) is 0 Å². The first-order valence-corrected chi connectivity index (χ1v) is 8.38. The predicted octanol–water partition coefficient (Wildman–Crippen LogP) is 3.16. The van der Waals surface area contributed by atoms with Crippen LogP contribution in [0.3, 0.4) is 0 Å². The Labute approximate surface area is 131 Å². The highest BCUT2D eigenvalue weighted by molar-refractivity contribution is 9.10. The second-order valence-corrected chi connectivity index (χ2v) is 7.04. The van der Waals surface area contributed by atoms with Gasteiger partial charge in [0.05, 0.1) is 0 Å². The van der Waals surface area contributed by atoms with E-state index in [-0.39, 0.29) is 17.3 Å². The van der Waals surface area contributed by atoms with Crippen LogP contribution in [0, 0.1) is 12.7 Å². The lowest BCUT2D eigenvalue weighted by Crippen LogP contribution is -2.14. The van der Waals surface area contributed by atoms with Crippen molar-refractivity contribution in [3.05, 3.63) is 57.8 Å². The highest BCUT2D eigenvalue weighted by atomic mass is 79.9. The Kier molecular flexibility index (Phi) is 4.65. The van der Waals surface area contributed by atoms with Gasteiger partial charge in [-0.1, -0.05) is 6.07 Å². The molecule has 0 bridgehead atoms. The van der Waals surface area contributed by atoms with Crippen LogP contribution in [0.1, 0.15) is 11.1 Å². The molecule has 2 aromatic rings. The van der Waals surface area contributed by atoms with Crippen molar-refractivity contribution < 1.29 is 12.8 Å². The maximum absolute atomic E-state index is 13.2. The van der Waals surface area contributed by atoms with Crippen molar-refractivity contribution in [1.82, 2.24) is 0 Å². The summed E-state index contributed by atoms with van der Waals surface area (Å²) in [6.45, 7) is 1.81. The molecule has 0 aliphatic heterocycles. The van der Waals surface area contributed by atoms with Crippen LogP contribution in [0.15, 0.2) is 45.8 Å². The molecule has 4 nitrogen and oxygen atoms in total. The van der Waals surface area contributed by atoms with Gasteiger partial charge in [-0.15, -0.1) is 0 Å². The van der Waals surface area contributed by atoms with Gasteiger partial charge < -0.3 is 5.73 Å². The largest absolute Gasteiger partial charge is 0.326 e. The van der Waals surface area contributed by atoms with E-state index in [0.29, 0.717) is 21.3 Å². The summed E-state index contributed by atoms with van der Waals surface area (Å²) in [5.74, 6) is -0.385. The quantitative estimate of drug-likeness (QED) is 0.865. The van der Waals surface area contributed by atoms with Gasteiger partial charge >= 0.3 is 0 Å². The Hall–Kier alpha value is -1.44. The van der Waals surface area contributed by atoms with Gasteiger partial charge in [0, 0.05) is 16.7 Å². The first-order chi connectivity index (χ1) is 9.83. The Morgan fingerprint density at radius 3 is 2.57 bits per heavy atom. The SMILES string of the molecule is Cc1cc(NS(=O)(=O)c2cc(CN)ccc2Br)ccc1F. The molecule has 3 N–H and O–H groups in total. The molecule has 0 aromatic heterocycles. The van der Waals surface area contributed by atoms with E-state index in [1.807, 2.05) is 0 Å². The minimum atomic E-state index is -3.78. The third-order valence-electron chi connectivity index (χ3n) is 2.93. The van der Waals surface area contributed by atoms with Gasteiger partial charge in [-0.25, -0.2) is 12.8 Å². The van der Waals surface area contributed by atoms with Crippen molar-refractivity contribution in [2.45, 2.75) is 18.4 Å². The van der Waals surface area contributed by atoms with E-state index in [4.69, 9.17) is 5.73 Å². The fourth-order valence-corrected chi connectivity index (χ4v) is 3.86. The normalized spacial score (nSPS) is 11.4. The number of halogens is 2. The number of hydrogen-bond acceptors (Lipinski definition) is 3. The summed E-state index contributed by atoms with van der Waals surface area (Å²) in [5.41, 5.74) is 6.90. The maximum Gasteiger partial charge on any atom is 0.263 e. The summed E-state index contributed by atoms with van der Waals surface area (Å²) in [6, 6.07) is 8.91. The molecule has 21 heavy (non-hydrogen) atoms. The Bertz CT molecular complexity index is 779. The van der Waals surface area contributed by atoms with Gasteiger partial charge in [0.2, 0.25) is 0 Å². The van der Waals surface area contributed by atoms with Crippen LogP contribution in [0.2, 0.25) is 0 Å². The molecule has 0 amide bonds. The van der Waals surface area contributed by atoms with E-state index in [0.717, 1.165) is 0 Å². The molecule has 112 valence electrons. The van der Waals surface area contributed by atoms with E-state index in [2.05, 4.69) is 20.7 Å². The van der Waals surface area contributed by atoms with Crippen molar-refractivity contribution >= 4 is 31.6 Å². The van der Waals surface area contributed by atoms with Gasteiger partial charge in [0.15, 0.2) is 0 Å². The molecule has 2 rings (SSSR count). The number of nitrogens with two attached hydrogens (primary N) is 1. The second-order valence-electron chi connectivity index (χ2n) is 4.54. The minimum absolute atomic E-state index is 0.0902. The zero-order valence-corrected chi connectivity index (χ0v) is 13.6. The van der Waals surface area contributed by atoms with Crippen molar-refractivity contribution in [2.24, 2.45) is 5.73 Å². The molecule has 0 unspecified atom stereocenters. The number of hydrogen-bond donors (Lipinski definition) is 2. The fourth-order valence-electron chi connectivity index (χ4n) is 1.80. The third kappa shape index (κ3) is 3.61. The maximum atomic E-state index is 13.2. The van der Waals surface area contributed by atoms with Crippen LogP contribution in [0.25, 0.3) is 0 Å². The van der Waals surface area contributed by atoms with Crippen LogP contribution in [-0.2, 0) is 16.6 Å².